The van der Waals surface area contributed by atoms with Crippen molar-refractivity contribution in [3.8, 4) is 5.75 Å². The first-order valence-electron chi connectivity index (χ1n) is 9.53. The van der Waals surface area contributed by atoms with Crippen molar-refractivity contribution in [3.63, 3.8) is 0 Å². The number of hydrogen-bond donors (Lipinski definition) is 1. The summed E-state index contributed by atoms with van der Waals surface area (Å²) in [6, 6.07) is 14.4. The Labute approximate surface area is 166 Å². The Balaban J connectivity index is 1.59. The smallest absolute Gasteiger partial charge is 0.243 e. The lowest BCUT2D eigenvalue weighted by Crippen LogP contribution is -2.37. The van der Waals surface area contributed by atoms with Gasteiger partial charge in [-0.15, -0.1) is 0 Å². The summed E-state index contributed by atoms with van der Waals surface area (Å²) in [5, 5.41) is 2.92. The van der Waals surface area contributed by atoms with E-state index >= 15 is 0 Å². The van der Waals surface area contributed by atoms with Crippen molar-refractivity contribution in [2.45, 2.75) is 31.7 Å². The fraction of sp³-hybridized carbons (Fsp3) is 0.381. The van der Waals surface area contributed by atoms with Crippen LogP contribution in [0.2, 0.25) is 0 Å². The van der Waals surface area contributed by atoms with Crippen LogP contribution in [0.4, 0.5) is 0 Å². The van der Waals surface area contributed by atoms with E-state index in [1.54, 1.807) is 24.3 Å². The zero-order valence-corrected chi connectivity index (χ0v) is 17.0. The Kier molecular flexibility index (Phi) is 6.36. The number of nitrogens with one attached hydrogen (secondary N) is 1. The Morgan fingerprint density at radius 2 is 1.79 bits per heavy atom. The molecule has 1 heterocycles. The number of carbonyl (C=O) groups excluding carboxylic acids is 1. The lowest BCUT2D eigenvalue weighted by molar-refractivity contribution is -0.126. The summed E-state index contributed by atoms with van der Waals surface area (Å²) in [6.07, 6.45) is 0.656. The van der Waals surface area contributed by atoms with Gasteiger partial charge in [0.25, 0.3) is 0 Å². The second-order valence-electron chi connectivity index (χ2n) is 6.77. The molecule has 6 nitrogen and oxygen atoms in total. The van der Waals surface area contributed by atoms with Gasteiger partial charge >= 0.3 is 0 Å². The van der Waals surface area contributed by atoms with Gasteiger partial charge in [0.1, 0.15) is 12.4 Å². The number of nitrogens with zero attached hydrogens (tertiary/aromatic N) is 1. The number of amides is 1. The van der Waals surface area contributed by atoms with Gasteiger partial charge in [0.05, 0.1) is 10.8 Å². The van der Waals surface area contributed by atoms with Gasteiger partial charge in [-0.3, -0.25) is 4.79 Å². The van der Waals surface area contributed by atoms with Crippen LogP contribution in [0.15, 0.2) is 53.4 Å². The molecule has 0 spiro atoms. The van der Waals surface area contributed by atoms with E-state index in [4.69, 9.17) is 4.74 Å². The molecule has 150 valence electrons. The third-order valence-electron chi connectivity index (χ3n) is 4.98. The van der Waals surface area contributed by atoms with E-state index in [-0.39, 0.29) is 16.7 Å². The molecule has 0 aromatic heterocycles. The maximum Gasteiger partial charge on any atom is 0.243 e. The number of rotatable bonds is 7. The third-order valence-corrected chi connectivity index (χ3v) is 7.05. The van der Waals surface area contributed by atoms with Crippen LogP contribution in [-0.2, 0) is 27.8 Å². The van der Waals surface area contributed by atoms with Gasteiger partial charge in [0.2, 0.25) is 15.9 Å². The summed E-state index contributed by atoms with van der Waals surface area (Å²) in [5.74, 6) is 0.558. The van der Waals surface area contributed by atoms with Gasteiger partial charge in [-0.1, -0.05) is 44.2 Å². The average Bonchev–Trinajstić information content (AvgIpc) is 2.72. The van der Waals surface area contributed by atoms with Crippen LogP contribution >= 0.6 is 0 Å². The Bertz CT molecular complexity index is 922. The number of fused-ring (bicyclic) bond motifs is 1. The molecule has 1 aliphatic heterocycles. The summed E-state index contributed by atoms with van der Waals surface area (Å²) in [7, 11) is -3.47. The fourth-order valence-electron chi connectivity index (χ4n) is 3.32. The van der Waals surface area contributed by atoms with Crippen molar-refractivity contribution in [2.24, 2.45) is 5.92 Å². The second-order valence-corrected chi connectivity index (χ2v) is 8.71. The van der Waals surface area contributed by atoms with Gasteiger partial charge in [-0.05, 0) is 35.7 Å². The SMILES string of the molecule is CCN(CC)S(=O)(=O)c1ccc(CNC(=O)C2COc3ccccc3C2)cc1. The predicted octanol–water partition coefficient (Wildman–Crippen LogP) is 2.58. The number of para-hydroxylation sites is 1. The maximum absolute atomic E-state index is 12.5. The number of benzene rings is 2. The standard InChI is InChI=1S/C21H26N2O4S/c1-3-23(4-2)28(25,26)19-11-9-16(10-12-19)14-22-21(24)18-13-17-7-5-6-8-20(17)27-15-18/h5-12,18H,3-4,13-15H2,1-2H3,(H,22,24). The predicted molar refractivity (Wildman–Crippen MR) is 108 cm³/mol. The number of carbonyl (C=O) groups is 1. The van der Waals surface area contributed by atoms with E-state index in [9.17, 15) is 13.2 Å². The third kappa shape index (κ3) is 4.36. The van der Waals surface area contributed by atoms with Crippen molar-refractivity contribution in [3.05, 3.63) is 59.7 Å². The molecule has 1 aliphatic rings. The van der Waals surface area contributed by atoms with Gasteiger partial charge in [-0.25, -0.2) is 8.42 Å². The highest BCUT2D eigenvalue weighted by molar-refractivity contribution is 7.89. The van der Waals surface area contributed by atoms with Crippen molar-refractivity contribution in [1.29, 1.82) is 0 Å². The highest BCUT2D eigenvalue weighted by Gasteiger charge is 2.25. The molecular formula is C21H26N2O4S. The molecule has 1 unspecified atom stereocenters. The van der Waals surface area contributed by atoms with E-state index < -0.39 is 10.0 Å². The van der Waals surface area contributed by atoms with E-state index in [1.165, 1.54) is 4.31 Å². The zero-order valence-electron chi connectivity index (χ0n) is 16.2. The minimum absolute atomic E-state index is 0.0608. The highest BCUT2D eigenvalue weighted by atomic mass is 32.2. The Morgan fingerprint density at radius 1 is 1.11 bits per heavy atom. The van der Waals surface area contributed by atoms with Crippen LogP contribution in [0.1, 0.15) is 25.0 Å². The molecule has 1 amide bonds. The minimum Gasteiger partial charge on any atom is -0.492 e. The Hall–Kier alpha value is -2.38. The topological polar surface area (TPSA) is 75.7 Å². The lowest BCUT2D eigenvalue weighted by atomic mass is 9.96. The van der Waals surface area contributed by atoms with Crippen LogP contribution in [-0.4, -0.2) is 38.3 Å². The lowest BCUT2D eigenvalue weighted by Gasteiger charge is -2.24. The molecule has 3 rings (SSSR count). The van der Waals surface area contributed by atoms with E-state index in [0.29, 0.717) is 32.7 Å². The molecule has 0 saturated carbocycles. The summed E-state index contributed by atoms with van der Waals surface area (Å²) in [4.78, 5) is 12.7. The Morgan fingerprint density at radius 3 is 2.46 bits per heavy atom. The van der Waals surface area contributed by atoms with E-state index in [0.717, 1.165) is 16.9 Å². The molecule has 1 atom stereocenters. The molecule has 2 aromatic rings. The van der Waals surface area contributed by atoms with Crippen LogP contribution < -0.4 is 10.1 Å². The van der Waals surface area contributed by atoms with Crippen LogP contribution in [0.3, 0.4) is 0 Å². The quantitative estimate of drug-likeness (QED) is 0.772. The number of sulfonamides is 1. The molecule has 0 fully saturated rings. The molecular weight excluding hydrogens is 376 g/mol. The molecule has 0 radical (unpaired) electrons. The summed E-state index contributed by atoms with van der Waals surface area (Å²) >= 11 is 0. The monoisotopic (exact) mass is 402 g/mol. The summed E-state index contributed by atoms with van der Waals surface area (Å²) in [5.41, 5.74) is 1.89. The molecule has 2 aromatic carbocycles. The van der Waals surface area contributed by atoms with Crippen molar-refractivity contribution >= 4 is 15.9 Å². The van der Waals surface area contributed by atoms with Crippen molar-refractivity contribution in [1.82, 2.24) is 9.62 Å². The van der Waals surface area contributed by atoms with Crippen LogP contribution in [0.5, 0.6) is 5.75 Å². The maximum atomic E-state index is 12.5. The number of hydrogen-bond acceptors (Lipinski definition) is 4. The van der Waals surface area contributed by atoms with Crippen LogP contribution in [0.25, 0.3) is 0 Å². The zero-order chi connectivity index (χ0) is 20.1. The molecule has 7 heteroatoms. The first kappa shape index (κ1) is 20.4. The normalized spacial score (nSPS) is 16.3. The van der Waals surface area contributed by atoms with E-state index in [1.807, 2.05) is 38.1 Å². The summed E-state index contributed by atoms with van der Waals surface area (Å²) in [6.45, 7) is 5.22. The van der Waals surface area contributed by atoms with Crippen LogP contribution in [0, 0.1) is 5.92 Å². The summed E-state index contributed by atoms with van der Waals surface area (Å²) < 4.78 is 32.1. The fourth-order valence-corrected chi connectivity index (χ4v) is 4.78. The van der Waals surface area contributed by atoms with Gasteiger partial charge in [-0.2, -0.15) is 4.31 Å². The largest absolute Gasteiger partial charge is 0.492 e. The molecule has 0 saturated heterocycles. The number of ether oxygens (including phenoxy) is 1. The first-order valence-corrected chi connectivity index (χ1v) is 11.0. The van der Waals surface area contributed by atoms with E-state index in [2.05, 4.69) is 5.32 Å². The first-order chi connectivity index (χ1) is 13.5. The van der Waals surface area contributed by atoms with Gasteiger partial charge < -0.3 is 10.1 Å². The highest BCUT2D eigenvalue weighted by Crippen LogP contribution is 2.26. The van der Waals surface area contributed by atoms with Gasteiger partial charge in [0.15, 0.2) is 0 Å². The molecule has 28 heavy (non-hydrogen) atoms. The van der Waals surface area contributed by atoms with Crippen molar-refractivity contribution in [2.75, 3.05) is 19.7 Å². The average molecular weight is 403 g/mol. The van der Waals surface area contributed by atoms with Gasteiger partial charge in [0, 0.05) is 19.6 Å². The van der Waals surface area contributed by atoms with Crippen molar-refractivity contribution < 1.29 is 17.9 Å². The molecule has 0 aliphatic carbocycles. The molecule has 1 N–H and O–H groups in total. The minimum atomic E-state index is -3.47. The second kappa shape index (κ2) is 8.75. The molecule has 0 bridgehead atoms.